The molecule has 0 aliphatic heterocycles. The van der Waals surface area contributed by atoms with Gasteiger partial charge in [-0.05, 0) is 47.2 Å². The minimum atomic E-state index is -4.88. The van der Waals surface area contributed by atoms with Crippen molar-refractivity contribution >= 4 is 6.08 Å². The number of benzene rings is 3. The Balaban J connectivity index is 1.88. The van der Waals surface area contributed by atoms with Gasteiger partial charge in [0.1, 0.15) is 34.6 Å². The van der Waals surface area contributed by atoms with Crippen molar-refractivity contribution in [2.75, 3.05) is 0 Å². The van der Waals surface area contributed by atoms with E-state index in [4.69, 9.17) is 0 Å². The average Bonchev–Trinajstić information content (AvgIpc) is 2.77. The van der Waals surface area contributed by atoms with Crippen molar-refractivity contribution in [3.63, 3.8) is 0 Å². The third-order valence-electron chi connectivity index (χ3n) is 5.61. The normalized spacial score (nSPS) is 13.3. The molecule has 0 amide bonds. The summed E-state index contributed by atoms with van der Waals surface area (Å²) in [6.07, 6.45) is -8.06. The van der Waals surface area contributed by atoms with Crippen molar-refractivity contribution in [1.29, 1.82) is 0 Å². The number of rotatable bonds is 8. The third-order valence-corrected chi connectivity index (χ3v) is 5.61. The van der Waals surface area contributed by atoms with E-state index < -0.39 is 58.5 Å². The van der Waals surface area contributed by atoms with Gasteiger partial charge in [0, 0.05) is 23.8 Å². The molecule has 3 rings (SSSR count). The Morgan fingerprint density at radius 3 is 1.81 bits per heavy atom. The van der Waals surface area contributed by atoms with Gasteiger partial charge in [-0.1, -0.05) is 44.5 Å². The van der Waals surface area contributed by atoms with Crippen LogP contribution in [0.1, 0.15) is 49.3 Å². The van der Waals surface area contributed by atoms with Gasteiger partial charge in [-0.3, -0.25) is 0 Å². The molecule has 0 aromatic heterocycles. The Morgan fingerprint density at radius 2 is 1.32 bits per heavy atom. The number of alkyl halides is 5. The van der Waals surface area contributed by atoms with Gasteiger partial charge >= 0.3 is 12.3 Å². The van der Waals surface area contributed by atoms with E-state index in [1.165, 1.54) is 0 Å². The molecule has 0 fully saturated rings. The Labute approximate surface area is 207 Å². The van der Waals surface area contributed by atoms with Crippen LogP contribution in [-0.2, 0) is 6.11 Å². The molecule has 1 nitrogen and oxygen atoms in total. The second-order valence-corrected chi connectivity index (χ2v) is 8.42. The fourth-order valence-corrected chi connectivity index (χ4v) is 3.78. The first-order chi connectivity index (χ1) is 17.2. The van der Waals surface area contributed by atoms with Gasteiger partial charge in [-0.15, -0.1) is 0 Å². The zero-order valence-corrected chi connectivity index (χ0v) is 19.6. The van der Waals surface area contributed by atoms with Gasteiger partial charge in [0.05, 0.1) is 0 Å². The number of hydrogen-bond acceptors (Lipinski definition) is 1. The molecule has 0 saturated carbocycles. The molecule has 198 valence electrons. The highest BCUT2D eigenvalue weighted by molar-refractivity contribution is 5.64. The summed E-state index contributed by atoms with van der Waals surface area (Å²) >= 11 is 0. The van der Waals surface area contributed by atoms with Crippen molar-refractivity contribution < 1.29 is 44.3 Å². The zero-order valence-electron chi connectivity index (χ0n) is 19.6. The Bertz CT molecular complexity index is 1230. The van der Waals surface area contributed by atoms with Crippen LogP contribution < -0.4 is 4.74 Å². The highest BCUT2D eigenvalue weighted by Gasteiger charge is 2.41. The first-order valence-electron chi connectivity index (χ1n) is 11.1. The van der Waals surface area contributed by atoms with Gasteiger partial charge in [0.25, 0.3) is 0 Å². The maximum absolute atomic E-state index is 14.7. The van der Waals surface area contributed by atoms with Gasteiger partial charge in [-0.2, -0.15) is 22.0 Å². The van der Waals surface area contributed by atoms with Crippen LogP contribution in [0.25, 0.3) is 17.2 Å². The monoisotopic (exact) mass is 532 g/mol. The summed E-state index contributed by atoms with van der Waals surface area (Å²) in [5.41, 5.74) is -1.62. The lowest BCUT2D eigenvalue weighted by Crippen LogP contribution is -2.25. The fourth-order valence-electron chi connectivity index (χ4n) is 3.78. The molecule has 3 aromatic rings. The number of allylic oxidation sites excluding steroid dienone is 1. The summed E-state index contributed by atoms with van der Waals surface area (Å²) in [7, 11) is 0. The summed E-state index contributed by atoms with van der Waals surface area (Å²) in [6.45, 7) is 4.06. The average molecular weight is 532 g/mol. The fraction of sp³-hybridized carbons (Fsp3) is 0.259. The summed E-state index contributed by atoms with van der Waals surface area (Å²) in [4.78, 5) is 0. The highest BCUT2D eigenvalue weighted by atomic mass is 19.4. The Kier molecular flexibility index (Phi) is 8.29. The van der Waals surface area contributed by atoms with Crippen LogP contribution in [0.3, 0.4) is 0 Å². The zero-order chi connectivity index (χ0) is 27.5. The smallest absolute Gasteiger partial charge is 0.429 e. The first kappa shape index (κ1) is 28.1. The lowest BCUT2D eigenvalue weighted by Gasteiger charge is -2.20. The molecular weight excluding hydrogens is 511 g/mol. The van der Waals surface area contributed by atoms with Crippen molar-refractivity contribution in [2.45, 2.75) is 44.9 Å². The number of halogens is 9. The Morgan fingerprint density at radius 1 is 0.784 bits per heavy atom. The van der Waals surface area contributed by atoms with Crippen LogP contribution in [-0.4, -0.2) is 6.18 Å². The van der Waals surface area contributed by atoms with E-state index >= 15 is 0 Å². The standard InChI is InChI=1S/C27H21F9O/c1-3-4-15(2)16-5-7-17(8-6-16)18-11-23(30)25(24(31)12-18)27(35,36)37-19-13-21(28)20(22(29)14-19)9-10-26(32,33)34/h5-15H,3-4H2,1-2H3/b10-9+. The molecule has 1 atom stereocenters. The quantitative estimate of drug-likeness (QED) is 0.263. The van der Waals surface area contributed by atoms with Gasteiger partial charge in [0.15, 0.2) is 0 Å². The maximum Gasteiger partial charge on any atom is 0.432 e. The molecule has 0 aliphatic carbocycles. The predicted molar refractivity (Wildman–Crippen MR) is 121 cm³/mol. The summed E-state index contributed by atoms with van der Waals surface area (Å²) in [5, 5.41) is 0. The van der Waals surface area contributed by atoms with E-state index in [0.29, 0.717) is 17.7 Å². The van der Waals surface area contributed by atoms with Gasteiger partial charge in [0.2, 0.25) is 0 Å². The van der Waals surface area contributed by atoms with Crippen LogP contribution >= 0.6 is 0 Å². The van der Waals surface area contributed by atoms with E-state index in [-0.39, 0.29) is 29.7 Å². The molecule has 3 aromatic carbocycles. The largest absolute Gasteiger partial charge is 0.432 e. The van der Waals surface area contributed by atoms with Gasteiger partial charge in [-0.25, -0.2) is 17.6 Å². The van der Waals surface area contributed by atoms with Crippen LogP contribution in [0.2, 0.25) is 0 Å². The molecule has 0 radical (unpaired) electrons. The van der Waals surface area contributed by atoms with E-state index in [1.54, 1.807) is 24.3 Å². The predicted octanol–water partition coefficient (Wildman–Crippen LogP) is 9.52. The van der Waals surface area contributed by atoms with Crippen molar-refractivity contribution in [3.05, 3.63) is 94.6 Å². The van der Waals surface area contributed by atoms with E-state index in [1.807, 2.05) is 13.8 Å². The molecule has 10 heteroatoms. The van der Waals surface area contributed by atoms with E-state index in [0.717, 1.165) is 18.4 Å². The van der Waals surface area contributed by atoms with Crippen molar-refractivity contribution in [3.8, 4) is 16.9 Å². The van der Waals surface area contributed by atoms with Crippen LogP contribution in [0.15, 0.2) is 54.6 Å². The SMILES string of the molecule is CCCC(C)c1ccc(-c2cc(F)c(C(F)(F)Oc3cc(F)c(/C=C/C(F)(F)F)c(F)c3)c(F)c2)cc1. The molecule has 37 heavy (non-hydrogen) atoms. The molecule has 0 bridgehead atoms. The number of ether oxygens (including phenoxy) is 1. The highest BCUT2D eigenvalue weighted by Crippen LogP contribution is 2.38. The van der Waals surface area contributed by atoms with E-state index in [9.17, 15) is 39.5 Å². The second-order valence-electron chi connectivity index (χ2n) is 8.42. The summed E-state index contributed by atoms with van der Waals surface area (Å²) in [5.74, 6) is -7.58. The van der Waals surface area contributed by atoms with Crippen LogP contribution in [0, 0.1) is 23.3 Å². The molecule has 0 saturated heterocycles. The minimum Gasteiger partial charge on any atom is -0.429 e. The van der Waals surface area contributed by atoms with Crippen LogP contribution in [0.4, 0.5) is 39.5 Å². The summed E-state index contributed by atoms with van der Waals surface area (Å²) in [6, 6.07) is 8.45. The summed E-state index contributed by atoms with van der Waals surface area (Å²) < 4.78 is 128. The number of hydrogen-bond donors (Lipinski definition) is 0. The molecule has 0 spiro atoms. The molecule has 1 unspecified atom stereocenters. The topological polar surface area (TPSA) is 9.23 Å². The third kappa shape index (κ3) is 6.87. The maximum atomic E-state index is 14.7. The van der Waals surface area contributed by atoms with Crippen LogP contribution in [0.5, 0.6) is 5.75 Å². The van der Waals surface area contributed by atoms with Crippen molar-refractivity contribution in [2.24, 2.45) is 0 Å². The minimum absolute atomic E-state index is 0.0258. The first-order valence-corrected chi connectivity index (χ1v) is 11.1. The van der Waals surface area contributed by atoms with Gasteiger partial charge < -0.3 is 4.74 Å². The van der Waals surface area contributed by atoms with Crippen molar-refractivity contribution in [1.82, 2.24) is 0 Å². The lowest BCUT2D eigenvalue weighted by molar-refractivity contribution is -0.189. The lowest BCUT2D eigenvalue weighted by atomic mass is 9.94. The molecular formula is C27H21F9O. The Hall–Kier alpha value is -3.43. The molecule has 0 heterocycles. The van der Waals surface area contributed by atoms with E-state index in [2.05, 4.69) is 4.74 Å². The molecule has 0 N–H and O–H groups in total. The molecule has 0 aliphatic rings. The second kappa shape index (κ2) is 10.9.